The molecule has 1 aromatic rings. The maximum absolute atomic E-state index is 2.38. The zero-order valence-corrected chi connectivity index (χ0v) is 7.79. The Morgan fingerprint density at radius 2 is 1.58 bits per heavy atom. The van der Waals surface area contributed by atoms with Crippen molar-refractivity contribution in [1.29, 1.82) is 0 Å². The van der Waals surface area contributed by atoms with E-state index in [1.54, 1.807) is 0 Å². The fourth-order valence-corrected chi connectivity index (χ4v) is 2.27. The molecule has 0 radical (unpaired) electrons. The third kappa shape index (κ3) is 1.28. The highest BCUT2D eigenvalue weighted by molar-refractivity contribution is 4.98. The van der Waals surface area contributed by atoms with E-state index in [0.29, 0.717) is 5.54 Å². The summed E-state index contributed by atoms with van der Waals surface area (Å²) in [4.78, 5) is 0. The van der Waals surface area contributed by atoms with Crippen LogP contribution in [0, 0.1) is 0 Å². The zero-order valence-electron chi connectivity index (χ0n) is 7.79. The van der Waals surface area contributed by atoms with Gasteiger partial charge in [-0.05, 0) is 31.9 Å². The maximum atomic E-state index is 2.38. The lowest BCUT2D eigenvalue weighted by atomic mass is 9.83. The van der Waals surface area contributed by atoms with Crippen LogP contribution >= 0.6 is 0 Å². The van der Waals surface area contributed by atoms with E-state index in [-0.39, 0.29) is 0 Å². The Labute approximate surface area is 74.4 Å². The van der Waals surface area contributed by atoms with Crippen molar-refractivity contribution >= 4 is 0 Å². The first-order valence-electron chi connectivity index (χ1n) is 4.95. The summed E-state index contributed by atoms with van der Waals surface area (Å²) in [6.45, 7) is 2.38. The topological polar surface area (TPSA) is 4.93 Å². The molecule has 0 amide bonds. The molecule has 1 heteroatoms. The van der Waals surface area contributed by atoms with E-state index in [1.807, 2.05) is 0 Å². The van der Waals surface area contributed by atoms with Crippen LogP contribution in [-0.2, 0) is 5.54 Å². The summed E-state index contributed by atoms with van der Waals surface area (Å²) in [5.41, 5.74) is 0.418. The summed E-state index contributed by atoms with van der Waals surface area (Å²) in [6.07, 6.45) is 11.3. The largest absolute Gasteiger partial charge is 0.349 e. The molecule has 1 aromatic heterocycles. The molecule has 0 N–H and O–H groups in total. The number of hydrogen-bond donors (Lipinski definition) is 0. The summed E-state index contributed by atoms with van der Waals surface area (Å²) in [6, 6.07) is 4.25. The summed E-state index contributed by atoms with van der Waals surface area (Å²) in [5, 5.41) is 0. The lowest BCUT2D eigenvalue weighted by molar-refractivity contribution is 0.219. The molecular weight excluding hydrogens is 146 g/mol. The van der Waals surface area contributed by atoms with Crippen LogP contribution in [0.25, 0.3) is 0 Å². The Morgan fingerprint density at radius 3 is 2.17 bits per heavy atom. The minimum absolute atomic E-state index is 0.418. The van der Waals surface area contributed by atoms with Crippen LogP contribution in [0.3, 0.4) is 0 Å². The van der Waals surface area contributed by atoms with Crippen LogP contribution in [0.2, 0.25) is 0 Å². The number of nitrogens with zero attached hydrogens (tertiary/aromatic N) is 1. The van der Waals surface area contributed by atoms with Gasteiger partial charge in [-0.1, -0.05) is 19.3 Å². The van der Waals surface area contributed by atoms with Gasteiger partial charge in [0, 0.05) is 17.9 Å². The van der Waals surface area contributed by atoms with E-state index in [0.717, 1.165) is 0 Å². The molecule has 1 saturated carbocycles. The van der Waals surface area contributed by atoms with Gasteiger partial charge in [0.2, 0.25) is 0 Å². The lowest BCUT2D eigenvalue weighted by Gasteiger charge is -2.35. The van der Waals surface area contributed by atoms with Gasteiger partial charge in [-0.2, -0.15) is 0 Å². The van der Waals surface area contributed by atoms with Crippen LogP contribution in [-0.4, -0.2) is 4.57 Å². The molecule has 1 heterocycles. The Balaban J connectivity index is 2.19. The molecule has 12 heavy (non-hydrogen) atoms. The van der Waals surface area contributed by atoms with Crippen molar-refractivity contribution < 1.29 is 0 Å². The van der Waals surface area contributed by atoms with Crippen LogP contribution in [0.1, 0.15) is 39.0 Å². The second-order valence-electron chi connectivity index (χ2n) is 4.15. The fourth-order valence-electron chi connectivity index (χ4n) is 2.27. The van der Waals surface area contributed by atoms with Crippen LogP contribution in [0.4, 0.5) is 0 Å². The first-order valence-corrected chi connectivity index (χ1v) is 4.95. The minimum Gasteiger partial charge on any atom is -0.349 e. The molecule has 0 spiro atoms. The zero-order chi connectivity index (χ0) is 8.44. The minimum atomic E-state index is 0.418. The predicted octanol–water partition coefficient (Wildman–Crippen LogP) is 3.17. The molecule has 0 unspecified atom stereocenters. The van der Waals surface area contributed by atoms with Gasteiger partial charge < -0.3 is 4.57 Å². The van der Waals surface area contributed by atoms with Crippen molar-refractivity contribution in [2.45, 2.75) is 44.6 Å². The van der Waals surface area contributed by atoms with Crippen molar-refractivity contribution in [3.05, 3.63) is 24.5 Å². The van der Waals surface area contributed by atoms with Crippen LogP contribution < -0.4 is 0 Å². The van der Waals surface area contributed by atoms with Gasteiger partial charge in [0.05, 0.1) is 0 Å². The molecule has 1 fully saturated rings. The fraction of sp³-hybridized carbons (Fsp3) is 0.636. The van der Waals surface area contributed by atoms with Gasteiger partial charge in [0.1, 0.15) is 0 Å². The molecule has 0 aliphatic heterocycles. The standard InChI is InChI=1S/C11H17N/c1-11(7-3-2-4-8-11)12-9-5-6-10-12/h5-6,9-10H,2-4,7-8H2,1H3. The predicted molar refractivity (Wildman–Crippen MR) is 51.2 cm³/mol. The highest BCUT2D eigenvalue weighted by Gasteiger charge is 2.27. The summed E-state index contributed by atoms with van der Waals surface area (Å²) >= 11 is 0. The van der Waals surface area contributed by atoms with Crippen LogP contribution in [0.15, 0.2) is 24.5 Å². The Morgan fingerprint density at radius 1 is 1.00 bits per heavy atom. The molecule has 0 saturated heterocycles. The van der Waals surface area contributed by atoms with E-state index in [2.05, 4.69) is 36.0 Å². The summed E-state index contributed by atoms with van der Waals surface area (Å²) in [5.74, 6) is 0. The Hall–Kier alpha value is -0.720. The van der Waals surface area contributed by atoms with Gasteiger partial charge in [-0.3, -0.25) is 0 Å². The van der Waals surface area contributed by atoms with Gasteiger partial charge in [0.15, 0.2) is 0 Å². The number of hydrogen-bond acceptors (Lipinski definition) is 0. The molecule has 0 bridgehead atoms. The van der Waals surface area contributed by atoms with Crippen molar-refractivity contribution in [3.63, 3.8) is 0 Å². The molecule has 0 atom stereocenters. The smallest absolute Gasteiger partial charge is 0.0411 e. The first kappa shape index (κ1) is 7.90. The van der Waals surface area contributed by atoms with Gasteiger partial charge in [-0.15, -0.1) is 0 Å². The SMILES string of the molecule is CC1(n2cccc2)CCCCC1. The number of aromatic nitrogens is 1. The summed E-state index contributed by atoms with van der Waals surface area (Å²) in [7, 11) is 0. The van der Waals surface area contributed by atoms with E-state index in [1.165, 1.54) is 32.1 Å². The molecule has 1 aliphatic carbocycles. The quantitative estimate of drug-likeness (QED) is 0.599. The monoisotopic (exact) mass is 163 g/mol. The molecule has 1 aliphatic rings. The second-order valence-corrected chi connectivity index (χ2v) is 4.15. The molecule has 66 valence electrons. The number of rotatable bonds is 1. The highest BCUT2D eigenvalue weighted by Crippen LogP contribution is 2.34. The molecule has 0 aromatic carbocycles. The van der Waals surface area contributed by atoms with Crippen molar-refractivity contribution in [3.8, 4) is 0 Å². The molecule has 1 nitrogen and oxygen atoms in total. The highest BCUT2D eigenvalue weighted by atomic mass is 15.0. The average molecular weight is 163 g/mol. The normalized spacial score (nSPS) is 22.4. The summed E-state index contributed by atoms with van der Waals surface area (Å²) < 4.78 is 2.38. The lowest BCUT2D eigenvalue weighted by Crippen LogP contribution is -2.31. The molecule has 2 rings (SSSR count). The van der Waals surface area contributed by atoms with Gasteiger partial charge >= 0.3 is 0 Å². The van der Waals surface area contributed by atoms with E-state index in [4.69, 9.17) is 0 Å². The molecular formula is C11H17N. The maximum Gasteiger partial charge on any atom is 0.0411 e. The van der Waals surface area contributed by atoms with E-state index in [9.17, 15) is 0 Å². The van der Waals surface area contributed by atoms with Gasteiger partial charge in [0.25, 0.3) is 0 Å². The second kappa shape index (κ2) is 2.96. The average Bonchev–Trinajstić information content (AvgIpc) is 2.58. The van der Waals surface area contributed by atoms with Crippen LogP contribution in [0.5, 0.6) is 0 Å². The third-order valence-corrected chi connectivity index (χ3v) is 3.16. The Kier molecular flexibility index (Phi) is 1.95. The van der Waals surface area contributed by atoms with Gasteiger partial charge in [-0.25, -0.2) is 0 Å². The third-order valence-electron chi connectivity index (χ3n) is 3.16. The van der Waals surface area contributed by atoms with Crippen molar-refractivity contribution in [2.24, 2.45) is 0 Å². The van der Waals surface area contributed by atoms with Crippen molar-refractivity contribution in [2.75, 3.05) is 0 Å². The van der Waals surface area contributed by atoms with E-state index >= 15 is 0 Å². The van der Waals surface area contributed by atoms with E-state index < -0.39 is 0 Å². The first-order chi connectivity index (χ1) is 5.81. The van der Waals surface area contributed by atoms with Crippen molar-refractivity contribution in [1.82, 2.24) is 4.57 Å². The Bertz CT molecular complexity index is 230.